The van der Waals surface area contributed by atoms with Crippen LogP contribution in [0.4, 0.5) is 0 Å². The summed E-state index contributed by atoms with van der Waals surface area (Å²) in [6.45, 7) is 0.609. The summed E-state index contributed by atoms with van der Waals surface area (Å²) in [6, 6.07) is 10.2. The van der Waals surface area contributed by atoms with Gasteiger partial charge in [-0.2, -0.15) is 0 Å². The Morgan fingerprint density at radius 3 is 2.62 bits per heavy atom. The van der Waals surface area contributed by atoms with E-state index in [0.717, 1.165) is 12.8 Å². The first kappa shape index (κ1) is 12.6. The molecule has 0 N–H and O–H groups in total. The Morgan fingerprint density at radius 1 is 1.19 bits per heavy atom. The lowest BCUT2D eigenvalue weighted by Gasteiger charge is -2.30. The number of hydrogen-bond donors (Lipinski definition) is 0. The molecular weight excluding hydrogens is 336 g/mol. The largest absolute Gasteiger partial charge is 0.348 e. The first-order valence-corrected chi connectivity index (χ1v) is 7.18. The van der Waals surface area contributed by atoms with Crippen molar-refractivity contribution in [3.8, 4) is 0 Å². The van der Waals surface area contributed by atoms with Gasteiger partial charge in [-0.1, -0.05) is 62.2 Å². The number of alkyl halides is 2. The fourth-order valence-electron chi connectivity index (χ4n) is 1.61. The molecule has 1 fully saturated rings. The predicted octanol–water partition coefficient (Wildman–Crippen LogP) is 3.82. The van der Waals surface area contributed by atoms with Crippen LogP contribution >= 0.6 is 31.9 Å². The van der Waals surface area contributed by atoms with Gasteiger partial charge in [-0.15, -0.1) is 0 Å². The van der Waals surface area contributed by atoms with Crippen LogP contribution in [0.1, 0.15) is 18.4 Å². The van der Waals surface area contributed by atoms with Crippen LogP contribution in [-0.4, -0.2) is 16.1 Å². The van der Waals surface area contributed by atoms with Crippen LogP contribution in [0, 0.1) is 0 Å². The average Bonchev–Trinajstić information content (AvgIpc) is 2.32. The van der Waals surface area contributed by atoms with Crippen molar-refractivity contribution >= 4 is 31.9 Å². The van der Waals surface area contributed by atoms with E-state index in [-0.39, 0.29) is 11.3 Å². The number of hydrogen-bond acceptors (Lipinski definition) is 2. The van der Waals surface area contributed by atoms with Gasteiger partial charge in [0.2, 0.25) is 0 Å². The van der Waals surface area contributed by atoms with Gasteiger partial charge in [0.25, 0.3) is 0 Å². The van der Waals surface area contributed by atoms with Crippen LogP contribution in [0.5, 0.6) is 0 Å². The number of halogens is 2. The molecule has 1 saturated heterocycles. The fourth-order valence-corrected chi connectivity index (χ4v) is 2.50. The zero-order valence-electron chi connectivity index (χ0n) is 8.81. The molecular formula is C12H14Br2O2. The van der Waals surface area contributed by atoms with Crippen molar-refractivity contribution in [2.75, 3.05) is 0 Å². The molecule has 3 atom stereocenters. The molecule has 88 valence electrons. The molecule has 3 unspecified atom stereocenters. The summed E-state index contributed by atoms with van der Waals surface area (Å²) >= 11 is 7.02. The standard InChI is InChI=1S/C12H14Br2O2/c13-10-6-7-11(16-12(10)14)15-8-9-4-2-1-3-5-9/h1-5,10-12H,6-8H2. The summed E-state index contributed by atoms with van der Waals surface area (Å²) in [4.78, 5) is 0.379. The molecule has 1 heterocycles. The maximum atomic E-state index is 5.71. The first-order valence-electron chi connectivity index (χ1n) is 5.35. The Labute approximate surface area is 113 Å². The van der Waals surface area contributed by atoms with Crippen molar-refractivity contribution in [3.63, 3.8) is 0 Å². The maximum absolute atomic E-state index is 5.71. The molecule has 1 aliphatic rings. The smallest absolute Gasteiger partial charge is 0.159 e. The molecule has 0 bridgehead atoms. The van der Waals surface area contributed by atoms with Gasteiger partial charge < -0.3 is 9.47 Å². The second-order valence-corrected chi connectivity index (χ2v) is 5.89. The Hall–Kier alpha value is 0.100. The van der Waals surface area contributed by atoms with Crippen LogP contribution in [0.3, 0.4) is 0 Å². The zero-order chi connectivity index (χ0) is 11.4. The topological polar surface area (TPSA) is 18.5 Å². The van der Waals surface area contributed by atoms with E-state index in [9.17, 15) is 0 Å². The van der Waals surface area contributed by atoms with Gasteiger partial charge in [0, 0.05) is 0 Å². The van der Waals surface area contributed by atoms with Gasteiger partial charge in [-0.25, -0.2) is 0 Å². The summed E-state index contributed by atoms with van der Waals surface area (Å²) in [5.74, 6) is 0. The Bertz CT molecular complexity index is 318. The first-order chi connectivity index (χ1) is 7.75. The molecule has 0 radical (unpaired) electrons. The predicted molar refractivity (Wildman–Crippen MR) is 70.8 cm³/mol. The van der Waals surface area contributed by atoms with Gasteiger partial charge >= 0.3 is 0 Å². The lowest BCUT2D eigenvalue weighted by atomic mass is 10.2. The molecule has 0 spiro atoms. The van der Waals surface area contributed by atoms with E-state index in [2.05, 4.69) is 44.0 Å². The van der Waals surface area contributed by atoms with Gasteiger partial charge in [0.15, 0.2) is 6.29 Å². The highest BCUT2D eigenvalue weighted by Crippen LogP contribution is 2.29. The second-order valence-electron chi connectivity index (χ2n) is 3.81. The minimum Gasteiger partial charge on any atom is -0.348 e. The number of ether oxygens (including phenoxy) is 2. The Kier molecular flexibility index (Phi) is 4.82. The highest BCUT2D eigenvalue weighted by molar-refractivity contribution is 9.12. The fraction of sp³-hybridized carbons (Fsp3) is 0.500. The third-order valence-electron chi connectivity index (χ3n) is 2.52. The van der Waals surface area contributed by atoms with Crippen molar-refractivity contribution in [1.82, 2.24) is 0 Å². The molecule has 4 heteroatoms. The van der Waals surface area contributed by atoms with Crippen molar-refractivity contribution in [1.29, 1.82) is 0 Å². The van der Waals surface area contributed by atoms with E-state index in [1.54, 1.807) is 0 Å². The van der Waals surface area contributed by atoms with Crippen LogP contribution < -0.4 is 0 Å². The molecule has 2 rings (SSSR count). The van der Waals surface area contributed by atoms with Gasteiger partial charge in [0.05, 0.1) is 11.4 Å². The van der Waals surface area contributed by atoms with Crippen LogP contribution in [0.25, 0.3) is 0 Å². The minimum atomic E-state index is -0.0987. The highest BCUT2D eigenvalue weighted by Gasteiger charge is 2.27. The summed E-state index contributed by atoms with van der Waals surface area (Å²) in [5, 5.41) is 0.0435. The van der Waals surface area contributed by atoms with Crippen LogP contribution in [0.2, 0.25) is 0 Å². The van der Waals surface area contributed by atoms with Crippen LogP contribution in [0.15, 0.2) is 30.3 Å². The van der Waals surface area contributed by atoms with Crippen molar-refractivity contribution in [2.45, 2.75) is 35.6 Å². The molecule has 1 aromatic rings. The van der Waals surface area contributed by atoms with E-state index in [0.29, 0.717) is 11.4 Å². The minimum absolute atomic E-state index is 0.0435. The molecule has 16 heavy (non-hydrogen) atoms. The molecule has 1 aromatic carbocycles. The van der Waals surface area contributed by atoms with E-state index in [1.807, 2.05) is 18.2 Å². The monoisotopic (exact) mass is 348 g/mol. The molecule has 0 amide bonds. The molecule has 1 aliphatic heterocycles. The second kappa shape index (κ2) is 6.15. The quantitative estimate of drug-likeness (QED) is 0.772. The number of benzene rings is 1. The van der Waals surface area contributed by atoms with E-state index >= 15 is 0 Å². The summed E-state index contributed by atoms with van der Waals surface area (Å²) in [5.41, 5.74) is 1.18. The Balaban J connectivity index is 1.79. The summed E-state index contributed by atoms with van der Waals surface area (Å²) in [6.07, 6.45) is 1.90. The zero-order valence-corrected chi connectivity index (χ0v) is 12.0. The van der Waals surface area contributed by atoms with Crippen LogP contribution in [-0.2, 0) is 16.1 Å². The van der Waals surface area contributed by atoms with E-state index in [4.69, 9.17) is 9.47 Å². The van der Waals surface area contributed by atoms with E-state index in [1.165, 1.54) is 5.56 Å². The van der Waals surface area contributed by atoms with Crippen molar-refractivity contribution in [2.24, 2.45) is 0 Å². The SMILES string of the molecule is BrC1CCC(OCc2ccccc2)OC1Br. The van der Waals surface area contributed by atoms with Crippen molar-refractivity contribution in [3.05, 3.63) is 35.9 Å². The normalized spacial score (nSPS) is 30.2. The van der Waals surface area contributed by atoms with Gasteiger partial charge in [-0.3, -0.25) is 0 Å². The van der Waals surface area contributed by atoms with E-state index < -0.39 is 0 Å². The summed E-state index contributed by atoms with van der Waals surface area (Å²) < 4.78 is 11.4. The molecule has 2 nitrogen and oxygen atoms in total. The third kappa shape index (κ3) is 3.55. The van der Waals surface area contributed by atoms with Gasteiger partial charge in [0.1, 0.15) is 5.01 Å². The molecule has 0 saturated carbocycles. The lowest BCUT2D eigenvalue weighted by molar-refractivity contribution is -0.174. The third-order valence-corrected chi connectivity index (χ3v) is 5.02. The lowest BCUT2D eigenvalue weighted by Crippen LogP contribution is -2.33. The summed E-state index contributed by atoms with van der Waals surface area (Å²) in [7, 11) is 0. The maximum Gasteiger partial charge on any atom is 0.159 e. The average molecular weight is 350 g/mol. The van der Waals surface area contributed by atoms with Gasteiger partial charge in [-0.05, 0) is 18.4 Å². The molecule has 0 aromatic heterocycles. The Morgan fingerprint density at radius 2 is 1.94 bits per heavy atom. The highest BCUT2D eigenvalue weighted by atomic mass is 79.9. The van der Waals surface area contributed by atoms with Crippen molar-refractivity contribution < 1.29 is 9.47 Å². The number of rotatable bonds is 3. The molecule has 0 aliphatic carbocycles.